The van der Waals surface area contributed by atoms with Crippen molar-refractivity contribution >= 4 is 17.9 Å². The Morgan fingerprint density at radius 1 is 0.786 bits per heavy atom. The van der Waals surface area contributed by atoms with Gasteiger partial charge in [0.15, 0.2) is 0 Å². The van der Waals surface area contributed by atoms with Crippen molar-refractivity contribution in [1.82, 2.24) is 9.96 Å². The van der Waals surface area contributed by atoms with Crippen molar-refractivity contribution < 1.29 is 0 Å². The molecular formula is C10H24N2Si2. The molecule has 0 aromatic heterocycles. The highest BCUT2D eigenvalue weighted by atomic mass is 28.3. The monoisotopic (exact) mass is 228 g/mol. The molecule has 1 fully saturated rings. The summed E-state index contributed by atoms with van der Waals surface area (Å²) in [6, 6.07) is 1.51. The van der Waals surface area contributed by atoms with E-state index in [1.165, 1.54) is 25.7 Å². The van der Waals surface area contributed by atoms with Gasteiger partial charge in [0.25, 0.3) is 0 Å². The molecule has 0 aromatic carbocycles. The molecule has 0 aromatic rings. The number of hydrogen-bond donors (Lipinski definition) is 2. The summed E-state index contributed by atoms with van der Waals surface area (Å²) in [5, 5.41) is 0. The maximum Gasteiger partial charge on any atom is 0.127 e. The van der Waals surface area contributed by atoms with E-state index in [9.17, 15) is 0 Å². The third-order valence-electron chi connectivity index (χ3n) is 2.71. The minimum Gasteiger partial charge on any atom is -0.334 e. The molecule has 1 rings (SSSR count). The fraction of sp³-hybridized carbons (Fsp3) is 1.00. The molecule has 0 heterocycles. The molecule has 2 radical (unpaired) electrons. The molecule has 4 heteroatoms. The van der Waals surface area contributed by atoms with Crippen LogP contribution in [0.2, 0.25) is 26.2 Å². The van der Waals surface area contributed by atoms with Gasteiger partial charge in [-0.2, -0.15) is 0 Å². The molecule has 2 nitrogen and oxygen atoms in total. The van der Waals surface area contributed by atoms with E-state index in [2.05, 4.69) is 36.2 Å². The van der Waals surface area contributed by atoms with E-state index < -0.39 is 0 Å². The number of rotatable bonds is 4. The van der Waals surface area contributed by atoms with E-state index in [0.717, 1.165) is 12.1 Å². The van der Waals surface area contributed by atoms with Crippen molar-refractivity contribution in [3.8, 4) is 0 Å². The molecule has 0 spiro atoms. The van der Waals surface area contributed by atoms with Crippen LogP contribution in [-0.2, 0) is 0 Å². The first-order valence-corrected chi connectivity index (χ1v) is 10.7. The van der Waals surface area contributed by atoms with E-state index in [1.54, 1.807) is 0 Å². The van der Waals surface area contributed by atoms with Crippen molar-refractivity contribution in [1.29, 1.82) is 0 Å². The normalized spacial score (nSPS) is 28.7. The van der Waals surface area contributed by atoms with Gasteiger partial charge in [0.2, 0.25) is 0 Å². The van der Waals surface area contributed by atoms with E-state index in [1.807, 2.05) is 0 Å². The van der Waals surface area contributed by atoms with Gasteiger partial charge in [-0.3, -0.25) is 0 Å². The molecule has 1 saturated carbocycles. The molecule has 14 heavy (non-hydrogen) atoms. The van der Waals surface area contributed by atoms with E-state index >= 15 is 0 Å². The van der Waals surface area contributed by atoms with Crippen molar-refractivity contribution in [3.63, 3.8) is 0 Å². The summed E-state index contributed by atoms with van der Waals surface area (Å²) >= 11 is 0. The molecule has 2 N–H and O–H groups in total. The summed E-state index contributed by atoms with van der Waals surface area (Å²) in [6.07, 6.45) is 5.59. The molecule has 0 saturated heterocycles. The predicted octanol–water partition coefficient (Wildman–Crippen LogP) is 1.98. The van der Waals surface area contributed by atoms with E-state index in [4.69, 9.17) is 0 Å². The smallest absolute Gasteiger partial charge is 0.127 e. The van der Waals surface area contributed by atoms with Crippen molar-refractivity contribution in [2.75, 3.05) is 0 Å². The lowest BCUT2D eigenvalue weighted by Gasteiger charge is -2.35. The van der Waals surface area contributed by atoms with Crippen LogP contribution in [-0.4, -0.2) is 30.0 Å². The Labute approximate surface area is 92.2 Å². The second-order valence-electron chi connectivity index (χ2n) is 4.79. The maximum atomic E-state index is 3.79. The predicted molar refractivity (Wildman–Crippen MR) is 67.3 cm³/mol. The van der Waals surface area contributed by atoms with Crippen LogP contribution in [0, 0.1) is 0 Å². The minimum atomic E-state index is -0.280. The molecule has 2 atom stereocenters. The van der Waals surface area contributed by atoms with Crippen LogP contribution >= 0.6 is 0 Å². The molecule has 0 amide bonds. The zero-order valence-electron chi connectivity index (χ0n) is 9.98. The standard InChI is InChI=1S/C10H24N2Si2/c1-13(2)11-9-7-5-6-8-10(9)12-14(3)4/h9-12H,5-8H2,1-4H3/t9-,10-/m1/s1. The SMILES string of the molecule is C[Si](C)N[C@@H]1CCCC[C@H]1N[Si](C)C. The topological polar surface area (TPSA) is 24.1 Å². The molecule has 0 aliphatic heterocycles. The molecule has 1 aliphatic rings. The largest absolute Gasteiger partial charge is 0.334 e. The van der Waals surface area contributed by atoms with Gasteiger partial charge in [0, 0.05) is 12.1 Å². The second-order valence-corrected chi connectivity index (χ2v) is 9.36. The summed E-state index contributed by atoms with van der Waals surface area (Å²) in [5.74, 6) is 0. The molecule has 0 bridgehead atoms. The average Bonchev–Trinajstić information content (AvgIpc) is 2.06. The Bertz CT molecular complexity index is 144. The van der Waals surface area contributed by atoms with Crippen LogP contribution in [0.5, 0.6) is 0 Å². The Hall–Kier alpha value is 0.354. The van der Waals surface area contributed by atoms with Crippen molar-refractivity contribution in [3.05, 3.63) is 0 Å². The fourth-order valence-electron chi connectivity index (χ4n) is 2.22. The average molecular weight is 228 g/mol. The first-order valence-electron chi connectivity index (χ1n) is 5.73. The van der Waals surface area contributed by atoms with Gasteiger partial charge in [0.05, 0.1) is 0 Å². The van der Waals surface area contributed by atoms with Crippen molar-refractivity contribution in [2.45, 2.75) is 64.0 Å². The first kappa shape index (κ1) is 12.4. The van der Waals surface area contributed by atoms with Crippen LogP contribution in [0.15, 0.2) is 0 Å². The van der Waals surface area contributed by atoms with Gasteiger partial charge in [0.1, 0.15) is 17.9 Å². The first-order chi connectivity index (χ1) is 6.59. The Morgan fingerprint density at radius 3 is 1.43 bits per heavy atom. The second kappa shape index (κ2) is 6.05. The zero-order chi connectivity index (χ0) is 10.6. The van der Waals surface area contributed by atoms with E-state index in [0.29, 0.717) is 0 Å². The summed E-state index contributed by atoms with van der Waals surface area (Å²) in [4.78, 5) is 7.59. The highest BCUT2D eigenvalue weighted by Gasteiger charge is 2.25. The molecule has 0 unspecified atom stereocenters. The van der Waals surface area contributed by atoms with Gasteiger partial charge in [-0.25, -0.2) is 0 Å². The summed E-state index contributed by atoms with van der Waals surface area (Å²) in [5.41, 5.74) is 0. The van der Waals surface area contributed by atoms with Crippen LogP contribution in [0.4, 0.5) is 0 Å². The lowest BCUT2D eigenvalue weighted by Crippen LogP contribution is -2.55. The summed E-state index contributed by atoms with van der Waals surface area (Å²) in [7, 11) is -0.560. The highest BCUT2D eigenvalue weighted by molar-refractivity contribution is 6.53. The Balaban J connectivity index is 2.41. The van der Waals surface area contributed by atoms with Gasteiger partial charge >= 0.3 is 0 Å². The Kier molecular flexibility index (Phi) is 5.37. The third kappa shape index (κ3) is 4.25. The van der Waals surface area contributed by atoms with Crippen LogP contribution in [0.3, 0.4) is 0 Å². The number of nitrogens with one attached hydrogen (secondary N) is 2. The summed E-state index contributed by atoms with van der Waals surface area (Å²) in [6.45, 7) is 9.39. The number of hydrogen-bond acceptors (Lipinski definition) is 2. The Morgan fingerprint density at radius 2 is 1.14 bits per heavy atom. The lowest BCUT2D eigenvalue weighted by molar-refractivity contribution is 0.343. The third-order valence-corrected chi connectivity index (χ3v) is 4.61. The minimum absolute atomic E-state index is 0.280. The lowest BCUT2D eigenvalue weighted by atomic mass is 9.92. The molecule has 1 aliphatic carbocycles. The van der Waals surface area contributed by atoms with Crippen LogP contribution in [0.1, 0.15) is 25.7 Å². The van der Waals surface area contributed by atoms with E-state index in [-0.39, 0.29) is 17.9 Å². The summed E-state index contributed by atoms with van der Waals surface area (Å²) < 4.78 is 0. The van der Waals surface area contributed by atoms with Gasteiger partial charge in [-0.15, -0.1) is 0 Å². The van der Waals surface area contributed by atoms with Crippen LogP contribution in [0.25, 0.3) is 0 Å². The fourth-order valence-corrected chi connectivity index (χ4v) is 4.39. The molecule has 82 valence electrons. The zero-order valence-corrected chi connectivity index (χ0v) is 12.0. The van der Waals surface area contributed by atoms with Gasteiger partial charge in [-0.05, 0) is 12.8 Å². The maximum absolute atomic E-state index is 3.79. The quantitative estimate of drug-likeness (QED) is 0.719. The van der Waals surface area contributed by atoms with Gasteiger partial charge < -0.3 is 9.96 Å². The van der Waals surface area contributed by atoms with Gasteiger partial charge in [-0.1, -0.05) is 39.0 Å². The highest BCUT2D eigenvalue weighted by Crippen LogP contribution is 2.19. The van der Waals surface area contributed by atoms with Crippen molar-refractivity contribution in [2.24, 2.45) is 0 Å². The molecular weight excluding hydrogens is 204 g/mol. The van der Waals surface area contributed by atoms with Crippen LogP contribution < -0.4 is 9.96 Å².